The van der Waals surface area contributed by atoms with Gasteiger partial charge in [0.2, 0.25) is 0 Å². The zero-order chi connectivity index (χ0) is 19.2. The van der Waals surface area contributed by atoms with Gasteiger partial charge in [-0.15, -0.1) is 0 Å². The van der Waals surface area contributed by atoms with Crippen molar-refractivity contribution in [2.45, 2.75) is 0 Å². The van der Waals surface area contributed by atoms with Crippen LogP contribution in [0.2, 0.25) is 0 Å². The van der Waals surface area contributed by atoms with Crippen LogP contribution in [0.25, 0.3) is 0 Å². The minimum Gasteiger partial charge on any atom is -0.497 e. The number of carbonyl (C=O) groups is 2. The van der Waals surface area contributed by atoms with Gasteiger partial charge in [0.25, 0.3) is 5.91 Å². The Morgan fingerprint density at radius 1 is 1.04 bits per heavy atom. The zero-order valence-corrected chi connectivity index (χ0v) is 15.3. The minimum absolute atomic E-state index is 0.193. The molecule has 1 aliphatic heterocycles. The molecule has 27 heavy (non-hydrogen) atoms. The number of ether oxygens (including phenoxy) is 2. The molecule has 2 aromatic carbocycles. The van der Waals surface area contributed by atoms with Crippen LogP contribution in [0.15, 0.2) is 48.5 Å². The number of nitrogens with zero attached hydrogens (tertiary/aromatic N) is 2. The second kappa shape index (κ2) is 8.44. The maximum absolute atomic E-state index is 12.3. The van der Waals surface area contributed by atoms with Crippen molar-refractivity contribution in [1.29, 1.82) is 0 Å². The lowest BCUT2D eigenvalue weighted by Crippen LogP contribution is -2.49. The number of piperazine rings is 1. The first-order valence-corrected chi connectivity index (χ1v) is 8.76. The summed E-state index contributed by atoms with van der Waals surface area (Å²) >= 11 is 0. The van der Waals surface area contributed by atoms with Crippen LogP contribution in [-0.2, 0) is 9.53 Å². The largest absolute Gasteiger partial charge is 0.497 e. The van der Waals surface area contributed by atoms with E-state index < -0.39 is 5.97 Å². The third kappa shape index (κ3) is 4.69. The van der Waals surface area contributed by atoms with Crippen LogP contribution in [0.5, 0.6) is 5.75 Å². The molecule has 1 saturated heterocycles. The first-order valence-electron chi connectivity index (χ1n) is 8.76. The zero-order valence-electron chi connectivity index (χ0n) is 15.3. The second-order valence-corrected chi connectivity index (χ2v) is 6.27. The predicted octanol–water partition coefficient (Wildman–Crippen LogP) is 1.78. The molecule has 0 radical (unpaired) electrons. The smallest absolute Gasteiger partial charge is 0.338 e. The number of hydrogen-bond donors (Lipinski definition) is 1. The Hall–Kier alpha value is -3.22. The molecular weight excluding hydrogens is 346 g/mol. The van der Waals surface area contributed by atoms with Gasteiger partial charge < -0.3 is 25.0 Å². The van der Waals surface area contributed by atoms with E-state index >= 15 is 0 Å². The molecule has 0 atom stereocenters. The van der Waals surface area contributed by atoms with Gasteiger partial charge in [-0.05, 0) is 42.5 Å². The summed E-state index contributed by atoms with van der Waals surface area (Å²) in [5.41, 5.74) is 7.56. The van der Waals surface area contributed by atoms with E-state index in [9.17, 15) is 9.59 Å². The highest BCUT2D eigenvalue weighted by atomic mass is 16.5. The average molecular weight is 369 g/mol. The number of nitrogens with two attached hydrogens (primary N) is 1. The van der Waals surface area contributed by atoms with Gasteiger partial charge in [0, 0.05) is 37.6 Å². The third-order valence-corrected chi connectivity index (χ3v) is 4.52. The van der Waals surface area contributed by atoms with Crippen molar-refractivity contribution < 1.29 is 19.1 Å². The minimum atomic E-state index is -0.549. The standard InChI is InChI=1S/C20H23N3O4/c1-26-18-7-5-17(6-8-18)22-9-11-23(12-10-22)19(24)14-27-20(25)15-3-2-4-16(21)13-15/h2-8,13H,9-12,14,21H2,1H3. The van der Waals surface area contributed by atoms with E-state index in [4.69, 9.17) is 15.2 Å². The van der Waals surface area contributed by atoms with Crippen LogP contribution in [0.1, 0.15) is 10.4 Å². The molecule has 7 heteroatoms. The van der Waals surface area contributed by atoms with Crippen molar-refractivity contribution in [3.8, 4) is 5.75 Å². The summed E-state index contributed by atoms with van der Waals surface area (Å²) in [7, 11) is 1.64. The van der Waals surface area contributed by atoms with Gasteiger partial charge >= 0.3 is 5.97 Å². The van der Waals surface area contributed by atoms with Crippen LogP contribution >= 0.6 is 0 Å². The van der Waals surface area contributed by atoms with E-state index in [1.807, 2.05) is 24.3 Å². The fourth-order valence-corrected chi connectivity index (χ4v) is 2.97. The number of carbonyl (C=O) groups excluding carboxylic acids is 2. The Balaban J connectivity index is 1.47. The summed E-state index contributed by atoms with van der Waals surface area (Å²) in [6.07, 6.45) is 0. The third-order valence-electron chi connectivity index (χ3n) is 4.52. The predicted molar refractivity (Wildman–Crippen MR) is 103 cm³/mol. The fourth-order valence-electron chi connectivity index (χ4n) is 2.97. The Bertz CT molecular complexity index is 799. The SMILES string of the molecule is COc1ccc(N2CCN(C(=O)COC(=O)c3cccc(N)c3)CC2)cc1. The van der Waals surface area contributed by atoms with E-state index in [0.29, 0.717) is 24.3 Å². The first-order chi connectivity index (χ1) is 13.1. The average Bonchev–Trinajstić information content (AvgIpc) is 2.72. The molecule has 0 aromatic heterocycles. The summed E-state index contributed by atoms with van der Waals surface area (Å²) in [6, 6.07) is 14.3. The van der Waals surface area contributed by atoms with Gasteiger partial charge in [-0.2, -0.15) is 0 Å². The van der Waals surface area contributed by atoms with Crippen molar-refractivity contribution in [2.75, 3.05) is 50.5 Å². The van der Waals surface area contributed by atoms with E-state index in [-0.39, 0.29) is 12.5 Å². The molecule has 0 unspecified atom stereocenters. The van der Waals surface area contributed by atoms with Crippen molar-refractivity contribution in [3.05, 3.63) is 54.1 Å². The summed E-state index contributed by atoms with van der Waals surface area (Å²) in [4.78, 5) is 28.2. The Morgan fingerprint density at radius 2 is 1.74 bits per heavy atom. The number of benzene rings is 2. The maximum Gasteiger partial charge on any atom is 0.338 e. The fraction of sp³-hybridized carbons (Fsp3) is 0.300. The highest BCUT2D eigenvalue weighted by molar-refractivity contribution is 5.92. The molecule has 0 saturated carbocycles. The van der Waals surface area contributed by atoms with Gasteiger partial charge in [-0.1, -0.05) is 6.07 Å². The number of amides is 1. The van der Waals surface area contributed by atoms with Crippen molar-refractivity contribution in [2.24, 2.45) is 0 Å². The van der Waals surface area contributed by atoms with Crippen LogP contribution in [0, 0.1) is 0 Å². The van der Waals surface area contributed by atoms with Crippen molar-refractivity contribution in [3.63, 3.8) is 0 Å². The highest BCUT2D eigenvalue weighted by Gasteiger charge is 2.22. The van der Waals surface area contributed by atoms with Gasteiger partial charge in [-0.25, -0.2) is 4.79 Å². The normalized spacial score (nSPS) is 14.0. The first kappa shape index (κ1) is 18.6. The molecule has 1 aliphatic rings. The Morgan fingerprint density at radius 3 is 2.37 bits per heavy atom. The number of methoxy groups -OCH3 is 1. The number of esters is 1. The van der Waals surface area contributed by atoms with Gasteiger partial charge in [0.05, 0.1) is 12.7 Å². The summed E-state index contributed by atoms with van der Waals surface area (Å²) in [5, 5.41) is 0. The monoisotopic (exact) mass is 369 g/mol. The molecule has 3 rings (SSSR count). The van der Waals surface area contributed by atoms with Crippen LogP contribution in [0.4, 0.5) is 11.4 Å². The topological polar surface area (TPSA) is 85.1 Å². The molecule has 7 nitrogen and oxygen atoms in total. The van der Waals surface area contributed by atoms with Gasteiger partial charge in [0.1, 0.15) is 5.75 Å². The van der Waals surface area contributed by atoms with E-state index in [0.717, 1.165) is 24.5 Å². The Labute approximate surface area is 158 Å². The molecule has 0 aliphatic carbocycles. The van der Waals surface area contributed by atoms with Crippen LogP contribution in [-0.4, -0.2) is 56.7 Å². The van der Waals surface area contributed by atoms with Crippen molar-refractivity contribution in [1.82, 2.24) is 4.90 Å². The van der Waals surface area contributed by atoms with Gasteiger partial charge in [-0.3, -0.25) is 4.79 Å². The van der Waals surface area contributed by atoms with Crippen LogP contribution < -0.4 is 15.4 Å². The number of hydrogen-bond acceptors (Lipinski definition) is 6. The molecule has 1 fully saturated rings. The van der Waals surface area contributed by atoms with E-state index in [1.165, 1.54) is 6.07 Å². The Kier molecular flexibility index (Phi) is 5.80. The maximum atomic E-state index is 12.3. The van der Waals surface area contributed by atoms with E-state index in [2.05, 4.69) is 4.90 Å². The molecule has 0 spiro atoms. The quantitative estimate of drug-likeness (QED) is 0.639. The number of nitrogen functional groups attached to an aromatic ring is 1. The molecule has 1 amide bonds. The van der Waals surface area contributed by atoms with Crippen molar-refractivity contribution >= 4 is 23.3 Å². The van der Waals surface area contributed by atoms with Crippen LogP contribution in [0.3, 0.4) is 0 Å². The molecule has 142 valence electrons. The van der Waals surface area contributed by atoms with Gasteiger partial charge in [0.15, 0.2) is 6.61 Å². The molecule has 2 aromatic rings. The lowest BCUT2D eigenvalue weighted by molar-refractivity contribution is -0.134. The number of rotatable bonds is 5. The number of anilines is 2. The molecular formula is C20H23N3O4. The molecule has 1 heterocycles. The molecule has 2 N–H and O–H groups in total. The highest BCUT2D eigenvalue weighted by Crippen LogP contribution is 2.20. The summed E-state index contributed by atoms with van der Waals surface area (Å²) < 4.78 is 10.3. The lowest BCUT2D eigenvalue weighted by atomic mass is 10.2. The summed E-state index contributed by atoms with van der Waals surface area (Å²) in [5.74, 6) is 0.0729. The second-order valence-electron chi connectivity index (χ2n) is 6.27. The lowest BCUT2D eigenvalue weighted by Gasteiger charge is -2.36. The summed E-state index contributed by atoms with van der Waals surface area (Å²) in [6.45, 7) is 2.35. The van der Waals surface area contributed by atoms with E-state index in [1.54, 1.807) is 30.2 Å². The molecule has 0 bridgehead atoms.